The number of likely N-dealkylation sites (N-methyl/N-ethyl adjacent to an activating group) is 1. The maximum Gasteiger partial charge on any atom is 0.268 e. The van der Waals surface area contributed by atoms with Crippen molar-refractivity contribution in [3.8, 4) is 0 Å². The molecular formula is C18H15NO5S. The number of sulfone groups is 1. The molecule has 0 radical (unpaired) electrons. The highest BCUT2D eigenvalue weighted by Gasteiger charge is 2.54. The molecule has 2 aromatic rings. The third-order valence-corrected chi connectivity index (χ3v) is 6.14. The van der Waals surface area contributed by atoms with Gasteiger partial charge in [-0.1, -0.05) is 24.8 Å². The van der Waals surface area contributed by atoms with E-state index >= 15 is 0 Å². The number of carbonyl (C=O) groups is 2. The number of benzene rings is 2. The Morgan fingerprint density at radius 3 is 2.44 bits per heavy atom. The van der Waals surface area contributed by atoms with E-state index in [9.17, 15) is 23.1 Å². The predicted octanol–water partition coefficient (Wildman–Crippen LogP) is 1.65. The van der Waals surface area contributed by atoms with Crippen molar-refractivity contribution in [2.24, 2.45) is 0 Å². The monoisotopic (exact) mass is 357 g/mol. The van der Waals surface area contributed by atoms with Gasteiger partial charge in [0.15, 0.2) is 0 Å². The van der Waals surface area contributed by atoms with Crippen LogP contribution < -0.4 is 4.90 Å². The van der Waals surface area contributed by atoms with Crippen molar-refractivity contribution < 1.29 is 23.1 Å². The molecule has 1 heterocycles. The average Bonchev–Trinajstić information content (AvgIpc) is 2.83. The highest BCUT2D eigenvalue weighted by Crippen LogP contribution is 2.46. The lowest BCUT2D eigenvalue weighted by atomic mass is 9.94. The third-order valence-electron chi connectivity index (χ3n) is 4.30. The number of fused-ring (bicyclic) bond motifs is 1. The Morgan fingerprint density at radius 2 is 1.84 bits per heavy atom. The zero-order valence-corrected chi connectivity index (χ0v) is 14.2. The van der Waals surface area contributed by atoms with Crippen LogP contribution in [0, 0.1) is 0 Å². The highest BCUT2D eigenvalue weighted by atomic mass is 32.2. The molecule has 0 bridgehead atoms. The van der Waals surface area contributed by atoms with Gasteiger partial charge in [0.1, 0.15) is 6.29 Å². The van der Waals surface area contributed by atoms with Crippen LogP contribution in [0.1, 0.15) is 15.9 Å². The van der Waals surface area contributed by atoms with Crippen molar-refractivity contribution in [1.29, 1.82) is 0 Å². The Labute approximate surface area is 144 Å². The number of rotatable bonds is 4. The minimum atomic E-state index is -4.18. The first-order valence-corrected chi connectivity index (χ1v) is 8.82. The zero-order chi connectivity index (χ0) is 18.4. The van der Waals surface area contributed by atoms with Crippen LogP contribution in [0.2, 0.25) is 0 Å². The number of hydrogen-bond acceptors (Lipinski definition) is 5. The van der Waals surface area contributed by atoms with Gasteiger partial charge in [0, 0.05) is 18.2 Å². The lowest BCUT2D eigenvalue weighted by Crippen LogP contribution is -2.42. The van der Waals surface area contributed by atoms with E-state index in [1.165, 1.54) is 49.5 Å². The maximum atomic E-state index is 12.8. The molecule has 0 fully saturated rings. The van der Waals surface area contributed by atoms with Gasteiger partial charge in [-0.2, -0.15) is 0 Å². The van der Waals surface area contributed by atoms with Crippen LogP contribution in [0.15, 0.2) is 64.9 Å². The molecular weight excluding hydrogens is 342 g/mol. The normalized spacial score (nSPS) is 19.6. The highest BCUT2D eigenvalue weighted by molar-refractivity contribution is 7.95. The molecule has 1 atom stereocenters. The fourth-order valence-corrected chi connectivity index (χ4v) is 4.27. The van der Waals surface area contributed by atoms with Crippen molar-refractivity contribution >= 4 is 27.7 Å². The van der Waals surface area contributed by atoms with Crippen LogP contribution in [0.4, 0.5) is 5.69 Å². The van der Waals surface area contributed by atoms with E-state index in [-0.39, 0.29) is 16.0 Å². The minimum absolute atomic E-state index is 0.0223. The summed E-state index contributed by atoms with van der Waals surface area (Å²) in [4.78, 5) is 24.1. The number of aldehydes is 1. The predicted molar refractivity (Wildman–Crippen MR) is 91.9 cm³/mol. The van der Waals surface area contributed by atoms with Crippen molar-refractivity contribution in [2.75, 3.05) is 11.9 Å². The first kappa shape index (κ1) is 17.1. The maximum absolute atomic E-state index is 12.8. The van der Waals surface area contributed by atoms with Crippen LogP contribution in [0.3, 0.4) is 0 Å². The SMILES string of the molecule is C=C(C1(O)C(=O)N(C)c2ccc(C=O)cc21)S(=O)(=O)c1ccccc1. The van der Waals surface area contributed by atoms with Crippen molar-refractivity contribution in [3.05, 3.63) is 71.1 Å². The molecule has 6 nitrogen and oxygen atoms in total. The number of carbonyl (C=O) groups excluding carboxylic acids is 2. The summed E-state index contributed by atoms with van der Waals surface area (Å²) in [5, 5.41) is 11.1. The molecule has 0 saturated heterocycles. The number of hydrogen-bond donors (Lipinski definition) is 1. The topological polar surface area (TPSA) is 91.8 Å². The summed E-state index contributed by atoms with van der Waals surface area (Å²) in [7, 11) is -2.76. The van der Waals surface area contributed by atoms with Crippen LogP contribution in [0.25, 0.3) is 0 Å². The fraction of sp³-hybridized carbons (Fsp3) is 0.111. The summed E-state index contributed by atoms with van der Waals surface area (Å²) in [5.74, 6) is -0.838. The molecule has 1 amide bonds. The first-order chi connectivity index (χ1) is 11.7. The summed E-state index contributed by atoms with van der Waals surface area (Å²) in [5.41, 5.74) is -1.90. The molecule has 25 heavy (non-hydrogen) atoms. The molecule has 1 aliphatic heterocycles. The second-order valence-corrected chi connectivity index (χ2v) is 7.68. The second kappa shape index (κ2) is 5.65. The van der Waals surface area contributed by atoms with Gasteiger partial charge in [-0.25, -0.2) is 8.42 Å². The van der Waals surface area contributed by atoms with Gasteiger partial charge in [-0.15, -0.1) is 0 Å². The molecule has 3 rings (SSSR count). The summed E-state index contributed by atoms with van der Waals surface area (Å²) in [6.07, 6.45) is 0.554. The van der Waals surface area contributed by atoms with E-state index in [0.717, 1.165) is 4.90 Å². The Balaban J connectivity index is 2.21. The lowest BCUT2D eigenvalue weighted by Gasteiger charge is -2.24. The minimum Gasteiger partial charge on any atom is -0.371 e. The number of anilines is 1. The average molecular weight is 357 g/mol. The van der Waals surface area contributed by atoms with Gasteiger partial charge in [-0.05, 0) is 30.3 Å². The van der Waals surface area contributed by atoms with Gasteiger partial charge in [0.05, 0.1) is 15.5 Å². The van der Waals surface area contributed by atoms with E-state index in [2.05, 4.69) is 6.58 Å². The van der Waals surface area contributed by atoms with Crippen LogP contribution in [-0.4, -0.2) is 32.8 Å². The molecule has 0 spiro atoms. The molecule has 7 heteroatoms. The summed E-state index contributed by atoms with van der Waals surface area (Å²) in [6, 6.07) is 11.7. The van der Waals surface area contributed by atoms with Crippen molar-refractivity contribution in [1.82, 2.24) is 0 Å². The van der Waals surface area contributed by atoms with Crippen LogP contribution in [-0.2, 0) is 20.2 Å². The van der Waals surface area contributed by atoms with Crippen molar-refractivity contribution in [3.63, 3.8) is 0 Å². The second-order valence-electron chi connectivity index (χ2n) is 5.71. The Kier molecular flexibility index (Phi) is 3.85. The largest absolute Gasteiger partial charge is 0.371 e. The molecule has 128 valence electrons. The number of amides is 1. The van der Waals surface area contributed by atoms with Gasteiger partial charge >= 0.3 is 0 Å². The molecule has 2 aromatic carbocycles. The van der Waals surface area contributed by atoms with Crippen molar-refractivity contribution in [2.45, 2.75) is 10.5 Å². The third kappa shape index (κ3) is 2.32. The van der Waals surface area contributed by atoms with E-state index in [4.69, 9.17) is 0 Å². The van der Waals surface area contributed by atoms with Gasteiger partial charge in [0.25, 0.3) is 5.91 Å². The molecule has 1 N–H and O–H groups in total. The standard InChI is InChI=1S/C18H15NO5S/c1-12(25(23,24)14-6-4-3-5-7-14)18(22)15-10-13(11-20)8-9-16(15)19(2)17(18)21/h3-11,22H,1H2,2H3. The number of aliphatic hydroxyl groups is 1. The summed E-state index contributed by atoms with van der Waals surface area (Å²) < 4.78 is 25.7. The molecule has 0 saturated carbocycles. The molecule has 1 aliphatic rings. The number of nitrogens with zero attached hydrogens (tertiary/aromatic N) is 1. The van der Waals surface area contributed by atoms with Gasteiger partial charge < -0.3 is 10.0 Å². The van der Waals surface area contributed by atoms with Crippen LogP contribution in [0.5, 0.6) is 0 Å². The van der Waals surface area contributed by atoms with Crippen LogP contribution >= 0.6 is 0 Å². The van der Waals surface area contributed by atoms with E-state index in [1.807, 2.05) is 0 Å². The zero-order valence-electron chi connectivity index (χ0n) is 13.3. The Morgan fingerprint density at radius 1 is 1.20 bits per heavy atom. The molecule has 0 aliphatic carbocycles. The van der Waals surface area contributed by atoms with E-state index < -0.39 is 26.3 Å². The Bertz CT molecular complexity index is 997. The van der Waals surface area contributed by atoms with E-state index in [0.29, 0.717) is 12.0 Å². The first-order valence-electron chi connectivity index (χ1n) is 7.34. The lowest BCUT2D eigenvalue weighted by molar-refractivity contribution is -0.131. The van der Waals surface area contributed by atoms with Gasteiger partial charge in [0.2, 0.25) is 15.4 Å². The Hall–Kier alpha value is -2.77. The quantitative estimate of drug-likeness (QED) is 0.840. The summed E-state index contributed by atoms with van der Waals surface area (Å²) in [6.45, 7) is 3.52. The molecule has 1 unspecified atom stereocenters. The fourth-order valence-electron chi connectivity index (χ4n) is 2.88. The smallest absolute Gasteiger partial charge is 0.268 e. The summed E-state index contributed by atoms with van der Waals surface area (Å²) >= 11 is 0. The van der Waals surface area contributed by atoms with E-state index in [1.54, 1.807) is 6.07 Å². The van der Waals surface area contributed by atoms with Gasteiger partial charge in [-0.3, -0.25) is 9.59 Å². The molecule has 0 aromatic heterocycles.